The van der Waals surface area contributed by atoms with Crippen molar-refractivity contribution in [3.8, 4) is 0 Å². The zero-order chi connectivity index (χ0) is 12.1. The Morgan fingerprint density at radius 1 is 1.40 bits per heavy atom. The van der Waals surface area contributed by atoms with E-state index < -0.39 is 18.6 Å². The molecule has 15 heavy (non-hydrogen) atoms. The molecule has 3 N–H and O–H groups in total. The van der Waals surface area contributed by atoms with Gasteiger partial charge in [-0.25, -0.2) is 0 Å². The lowest BCUT2D eigenvalue weighted by molar-refractivity contribution is -0.142. The number of hydrogen-bond acceptors (Lipinski definition) is 2. The number of hydrogen-bond donors (Lipinski definition) is 2. The van der Waals surface area contributed by atoms with Crippen LogP contribution in [0.25, 0.3) is 0 Å². The molecule has 90 valence electrons. The Kier molecular flexibility index (Phi) is 5.64. The van der Waals surface area contributed by atoms with Crippen LogP contribution in [0.4, 0.5) is 13.2 Å². The molecule has 0 aromatic carbocycles. The topological polar surface area (TPSA) is 55.1 Å². The van der Waals surface area contributed by atoms with Crippen LogP contribution in [0.2, 0.25) is 0 Å². The average molecular weight is 226 g/mol. The molecule has 0 spiro atoms. The van der Waals surface area contributed by atoms with E-state index in [1.165, 1.54) is 6.92 Å². The van der Waals surface area contributed by atoms with Gasteiger partial charge in [-0.3, -0.25) is 4.79 Å². The quantitative estimate of drug-likeness (QED) is 0.745. The summed E-state index contributed by atoms with van der Waals surface area (Å²) in [6.45, 7) is 3.32. The van der Waals surface area contributed by atoms with Gasteiger partial charge in [-0.05, 0) is 19.9 Å². The summed E-state index contributed by atoms with van der Waals surface area (Å²) < 4.78 is 35.8. The van der Waals surface area contributed by atoms with Crippen LogP contribution >= 0.6 is 0 Å². The van der Waals surface area contributed by atoms with Crippen LogP contribution in [0.1, 0.15) is 26.7 Å². The van der Waals surface area contributed by atoms with Gasteiger partial charge in [-0.2, -0.15) is 13.2 Å². The highest BCUT2D eigenvalue weighted by Gasteiger charge is 2.30. The number of carbonyl (C=O) groups excluding carboxylic acids is 1. The van der Waals surface area contributed by atoms with Crippen LogP contribution < -0.4 is 11.1 Å². The van der Waals surface area contributed by atoms with E-state index in [9.17, 15) is 18.0 Å². The standard InChI is InChI=1S/C9H17F3N2O/c1-6(3-4-13)8(15)14-7(2)5-9(10,11)12/h6-7H,3-5,13H2,1-2H3,(H,14,15). The molecule has 0 aliphatic carbocycles. The minimum atomic E-state index is -4.25. The minimum Gasteiger partial charge on any atom is -0.353 e. The Balaban J connectivity index is 3.96. The first-order valence-corrected chi connectivity index (χ1v) is 4.83. The highest BCUT2D eigenvalue weighted by molar-refractivity contribution is 5.78. The first-order valence-electron chi connectivity index (χ1n) is 4.83. The summed E-state index contributed by atoms with van der Waals surface area (Å²) >= 11 is 0. The summed E-state index contributed by atoms with van der Waals surface area (Å²) in [5, 5.41) is 2.31. The third-order valence-electron chi connectivity index (χ3n) is 1.97. The van der Waals surface area contributed by atoms with Crippen molar-refractivity contribution in [3.63, 3.8) is 0 Å². The van der Waals surface area contributed by atoms with Crippen LogP contribution in [0.3, 0.4) is 0 Å². The van der Waals surface area contributed by atoms with Crippen molar-refractivity contribution in [3.05, 3.63) is 0 Å². The SMILES string of the molecule is CC(CC(F)(F)F)NC(=O)C(C)CCN. The van der Waals surface area contributed by atoms with Gasteiger partial charge in [0.15, 0.2) is 0 Å². The molecule has 0 aromatic heterocycles. The van der Waals surface area contributed by atoms with Gasteiger partial charge < -0.3 is 11.1 Å². The lowest BCUT2D eigenvalue weighted by atomic mass is 10.1. The lowest BCUT2D eigenvalue weighted by Crippen LogP contribution is -2.39. The van der Waals surface area contributed by atoms with E-state index >= 15 is 0 Å². The molecule has 0 heterocycles. The van der Waals surface area contributed by atoms with Crippen molar-refractivity contribution in [1.82, 2.24) is 5.32 Å². The van der Waals surface area contributed by atoms with Gasteiger partial charge in [-0.1, -0.05) is 6.92 Å². The number of halogens is 3. The maximum absolute atomic E-state index is 11.9. The van der Waals surface area contributed by atoms with E-state index in [1.807, 2.05) is 0 Å². The summed E-state index contributed by atoms with van der Waals surface area (Å²) in [4.78, 5) is 11.3. The Labute approximate surface area is 87.2 Å². The highest BCUT2D eigenvalue weighted by Crippen LogP contribution is 2.21. The molecule has 2 atom stereocenters. The van der Waals surface area contributed by atoms with Gasteiger partial charge in [-0.15, -0.1) is 0 Å². The molecule has 0 aromatic rings. The minimum absolute atomic E-state index is 0.342. The Morgan fingerprint density at radius 3 is 2.33 bits per heavy atom. The summed E-state index contributed by atoms with van der Waals surface area (Å²) in [6, 6.07) is -0.891. The lowest BCUT2D eigenvalue weighted by Gasteiger charge is -2.18. The summed E-state index contributed by atoms with van der Waals surface area (Å²) in [5.41, 5.74) is 5.24. The van der Waals surface area contributed by atoms with E-state index in [0.29, 0.717) is 13.0 Å². The molecular formula is C9H17F3N2O. The third kappa shape index (κ3) is 7.18. The van der Waals surface area contributed by atoms with Crippen LogP contribution in [0.5, 0.6) is 0 Å². The molecule has 0 aliphatic heterocycles. The Morgan fingerprint density at radius 2 is 1.93 bits per heavy atom. The summed E-state index contributed by atoms with van der Waals surface area (Å²) in [6.07, 6.45) is -4.78. The molecule has 0 aliphatic rings. The van der Waals surface area contributed by atoms with E-state index in [4.69, 9.17) is 5.73 Å². The van der Waals surface area contributed by atoms with Gasteiger partial charge in [0.05, 0.1) is 6.42 Å². The van der Waals surface area contributed by atoms with Gasteiger partial charge in [0.25, 0.3) is 0 Å². The number of rotatable bonds is 5. The van der Waals surface area contributed by atoms with Gasteiger partial charge in [0.1, 0.15) is 0 Å². The molecule has 0 saturated heterocycles. The maximum atomic E-state index is 11.9. The molecule has 1 amide bonds. The monoisotopic (exact) mass is 226 g/mol. The van der Waals surface area contributed by atoms with Gasteiger partial charge >= 0.3 is 6.18 Å². The maximum Gasteiger partial charge on any atom is 0.391 e. The number of nitrogens with two attached hydrogens (primary N) is 1. The molecular weight excluding hydrogens is 209 g/mol. The fourth-order valence-corrected chi connectivity index (χ4v) is 1.16. The van der Waals surface area contributed by atoms with Crippen LogP contribution in [-0.2, 0) is 4.79 Å². The molecule has 0 fully saturated rings. The second kappa shape index (κ2) is 5.95. The predicted octanol–water partition coefficient (Wildman–Crippen LogP) is 1.43. The molecule has 0 rings (SSSR count). The second-order valence-electron chi connectivity index (χ2n) is 3.71. The summed E-state index contributed by atoms with van der Waals surface area (Å²) in [5.74, 6) is -0.720. The first-order chi connectivity index (χ1) is 6.76. The van der Waals surface area contributed by atoms with E-state index in [1.54, 1.807) is 6.92 Å². The first kappa shape index (κ1) is 14.2. The number of alkyl halides is 3. The van der Waals surface area contributed by atoms with Crippen molar-refractivity contribution in [2.45, 2.75) is 38.9 Å². The molecule has 2 unspecified atom stereocenters. The molecule has 0 saturated carbocycles. The van der Waals surface area contributed by atoms with Crippen LogP contribution in [-0.4, -0.2) is 24.7 Å². The zero-order valence-corrected chi connectivity index (χ0v) is 8.90. The summed E-state index contributed by atoms with van der Waals surface area (Å²) in [7, 11) is 0. The van der Waals surface area contributed by atoms with Crippen molar-refractivity contribution in [1.29, 1.82) is 0 Å². The molecule has 6 heteroatoms. The van der Waals surface area contributed by atoms with Crippen LogP contribution in [0.15, 0.2) is 0 Å². The van der Waals surface area contributed by atoms with Crippen molar-refractivity contribution >= 4 is 5.91 Å². The van der Waals surface area contributed by atoms with Gasteiger partial charge in [0, 0.05) is 12.0 Å². The van der Waals surface area contributed by atoms with E-state index in [2.05, 4.69) is 5.32 Å². The normalized spacial score (nSPS) is 15.9. The molecule has 3 nitrogen and oxygen atoms in total. The number of carbonyl (C=O) groups is 1. The smallest absolute Gasteiger partial charge is 0.353 e. The van der Waals surface area contributed by atoms with Crippen LogP contribution in [0, 0.1) is 5.92 Å². The number of nitrogens with one attached hydrogen (secondary N) is 1. The fourth-order valence-electron chi connectivity index (χ4n) is 1.16. The van der Waals surface area contributed by atoms with E-state index in [-0.39, 0.29) is 11.8 Å². The Hall–Kier alpha value is -0.780. The zero-order valence-electron chi connectivity index (χ0n) is 8.90. The van der Waals surface area contributed by atoms with Crippen molar-refractivity contribution < 1.29 is 18.0 Å². The fraction of sp³-hybridized carbons (Fsp3) is 0.889. The third-order valence-corrected chi connectivity index (χ3v) is 1.97. The average Bonchev–Trinajstić information content (AvgIpc) is 2.00. The highest BCUT2D eigenvalue weighted by atomic mass is 19.4. The van der Waals surface area contributed by atoms with Crippen molar-refractivity contribution in [2.24, 2.45) is 11.7 Å². The van der Waals surface area contributed by atoms with E-state index in [0.717, 1.165) is 0 Å². The predicted molar refractivity (Wildman–Crippen MR) is 51.1 cm³/mol. The Bertz CT molecular complexity index is 206. The van der Waals surface area contributed by atoms with Gasteiger partial charge in [0.2, 0.25) is 5.91 Å². The molecule has 0 radical (unpaired) electrons. The molecule has 0 bridgehead atoms. The largest absolute Gasteiger partial charge is 0.391 e. The second-order valence-corrected chi connectivity index (χ2v) is 3.71. The van der Waals surface area contributed by atoms with Crippen molar-refractivity contribution in [2.75, 3.05) is 6.54 Å². The number of amides is 1.